The van der Waals surface area contributed by atoms with E-state index in [1.165, 1.54) is 16.2 Å². The minimum absolute atomic E-state index is 0.0923. The van der Waals surface area contributed by atoms with Gasteiger partial charge < -0.3 is 4.90 Å². The third-order valence-corrected chi connectivity index (χ3v) is 5.67. The number of likely N-dealkylation sites (tertiary alicyclic amines) is 1. The molecule has 4 nitrogen and oxygen atoms in total. The van der Waals surface area contributed by atoms with Gasteiger partial charge in [0, 0.05) is 25.4 Å². The highest BCUT2D eigenvalue weighted by Gasteiger charge is 2.26. The zero-order valence-electron chi connectivity index (χ0n) is 17.0. The summed E-state index contributed by atoms with van der Waals surface area (Å²) in [5.74, 6) is 0.489. The lowest BCUT2D eigenvalue weighted by Crippen LogP contribution is -2.41. The number of piperidine rings is 1. The van der Waals surface area contributed by atoms with Gasteiger partial charge in [-0.05, 0) is 48.4 Å². The summed E-state index contributed by atoms with van der Waals surface area (Å²) in [7, 11) is 0. The van der Waals surface area contributed by atoms with Crippen molar-refractivity contribution in [2.24, 2.45) is 5.92 Å². The Bertz CT molecular complexity index is 1060. The molecule has 0 bridgehead atoms. The summed E-state index contributed by atoms with van der Waals surface area (Å²) < 4.78 is 1.45. The van der Waals surface area contributed by atoms with Crippen molar-refractivity contribution in [2.75, 3.05) is 13.1 Å². The number of pyridine rings is 1. The number of nitrogens with zero attached hydrogens (tertiary/aromatic N) is 2. The van der Waals surface area contributed by atoms with E-state index >= 15 is 0 Å². The molecule has 152 valence electrons. The summed E-state index contributed by atoms with van der Waals surface area (Å²) in [5.41, 5.74) is 2.44. The fourth-order valence-electron chi connectivity index (χ4n) is 4.02. The average Bonchev–Trinajstić information content (AvgIpc) is 2.80. The fourth-order valence-corrected chi connectivity index (χ4v) is 4.02. The van der Waals surface area contributed by atoms with Crippen molar-refractivity contribution in [1.82, 2.24) is 9.47 Å². The maximum atomic E-state index is 13.4. The third-order valence-electron chi connectivity index (χ3n) is 5.67. The first-order chi connectivity index (χ1) is 14.7. The molecule has 0 unspecified atom stereocenters. The van der Waals surface area contributed by atoms with E-state index in [1.54, 1.807) is 24.4 Å². The molecular formula is C26H26N2O2. The lowest BCUT2D eigenvalue weighted by Gasteiger charge is -2.33. The first-order valence-electron chi connectivity index (χ1n) is 10.5. The first kappa shape index (κ1) is 19.9. The van der Waals surface area contributed by atoms with Crippen LogP contribution < -0.4 is 5.56 Å². The molecule has 1 amide bonds. The second-order valence-electron chi connectivity index (χ2n) is 7.77. The number of carbonyl (C=O) groups is 1. The van der Waals surface area contributed by atoms with Crippen LogP contribution in [0.2, 0.25) is 0 Å². The van der Waals surface area contributed by atoms with Gasteiger partial charge in [-0.3, -0.25) is 14.2 Å². The molecule has 4 rings (SSSR count). The van der Waals surface area contributed by atoms with E-state index in [0.717, 1.165) is 24.8 Å². The Kier molecular flexibility index (Phi) is 6.23. The minimum atomic E-state index is -0.202. The van der Waals surface area contributed by atoms with E-state index in [4.69, 9.17) is 0 Å². The summed E-state index contributed by atoms with van der Waals surface area (Å²) >= 11 is 0. The van der Waals surface area contributed by atoms with Crippen LogP contribution in [0.5, 0.6) is 0 Å². The molecule has 1 fully saturated rings. The molecule has 1 aliphatic rings. The van der Waals surface area contributed by atoms with Gasteiger partial charge in [-0.15, -0.1) is 0 Å². The predicted molar refractivity (Wildman–Crippen MR) is 121 cm³/mol. The van der Waals surface area contributed by atoms with E-state index in [-0.39, 0.29) is 11.5 Å². The number of hydrogen-bond donors (Lipinski definition) is 0. The highest BCUT2D eigenvalue weighted by molar-refractivity contribution is 6.18. The number of hydrogen-bond acceptors (Lipinski definition) is 2. The highest BCUT2D eigenvalue weighted by Crippen LogP contribution is 2.24. The lowest BCUT2D eigenvalue weighted by molar-refractivity contribution is -0.126. The van der Waals surface area contributed by atoms with Gasteiger partial charge in [-0.1, -0.05) is 66.7 Å². The van der Waals surface area contributed by atoms with Crippen LogP contribution in [0.1, 0.15) is 24.0 Å². The van der Waals surface area contributed by atoms with Crippen LogP contribution in [-0.4, -0.2) is 28.5 Å². The predicted octanol–water partition coefficient (Wildman–Crippen LogP) is 4.33. The Morgan fingerprint density at radius 1 is 0.867 bits per heavy atom. The Hall–Kier alpha value is -3.40. The van der Waals surface area contributed by atoms with Crippen molar-refractivity contribution < 1.29 is 4.79 Å². The Morgan fingerprint density at radius 2 is 1.50 bits per heavy atom. The molecular weight excluding hydrogens is 372 g/mol. The molecule has 0 spiro atoms. The summed E-state index contributed by atoms with van der Waals surface area (Å²) in [5, 5.41) is 0. The van der Waals surface area contributed by atoms with Crippen LogP contribution in [0.15, 0.2) is 89.9 Å². The minimum Gasteiger partial charge on any atom is -0.337 e. The summed E-state index contributed by atoms with van der Waals surface area (Å²) in [4.78, 5) is 27.7. The van der Waals surface area contributed by atoms with E-state index in [2.05, 4.69) is 24.3 Å². The zero-order chi connectivity index (χ0) is 20.8. The topological polar surface area (TPSA) is 42.3 Å². The summed E-state index contributed by atoms with van der Waals surface area (Å²) in [6, 6.07) is 25.1. The number of benzene rings is 2. The number of aromatic nitrogens is 1. The second-order valence-corrected chi connectivity index (χ2v) is 7.77. The van der Waals surface area contributed by atoms with Gasteiger partial charge in [0.2, 0.25) is 0 Å². The molecule has 30 heavy (non-hydrogen) atoms. The number of rotatable bonds is 5. The van der Waals surface area contributed by atoms with Crippen LogP contribution in [0.25, 0.3) is 11.8 Å². The van der Waals surface area contributed by atoms with Crippen molar-refractivity contribution in [3.05, 3.63) is 107 Å². The number of carbonyl (C=O) groups excluding carboxylic acids is 1. The normalized spacial score (nSPS) is 15.2. The van der Waals surface area contributed by atoms with Crippen molar-refractivity contribution in [3.63, 3.8) is 0 Å². The Balaban J connectivity index is 1.52. The summed E-state index contributed by atoms with van der Waals surface area (Å²) in [6.45, 7) is 1.42. The van der Waals surface area contributed by atoms with Crippen LogP contribution in [0.3, 0.4) is 0 Å². The van der Waals surface area contributed by atoms with Gasteiger partial charge in [0.15, 0.2) is 0 Å². The molecule has 0 saturated carbocycles. The van der Waals surface area contributed by atoms with Crippen LogP contribution in [0.4, 0.5) is 0 Å². The molecule has 0 aliphatic carbocycles. The SMILES string of the molecule is O=C(/C(=C\c1ccccc1)n1ccccc1=O)N1CCC(Cc2ccccc2)CC1. The quantitative estimate of drug-likeness (QED) is 0.601. The van der Waals surface area contributed by atoms with Crippen molar-refractivity contribution in [3.8, 4) is 0 Å². The highest BCUT2D eigenvalue weighted by atomic mass is 16.2. The van der Waals surface area contributed by atoms with Crippen LogP contribution in [0, 0.1) is 5.92 Å². The fraction of sp³-hybridized carbons (Fsp3) is 0.231. The first-order valence-corrected chi connectivity index (χ1v) is 10.5. The van der Waals surface area contributed by atoms with Crippen LogP contribution in [-0.2, 0) is 11.2 Å². The smallest absolute Gasteiger partial charge is 0.270 e. The second kappa shape index (κ2) is 9.40. The van der Waals surface area contributed by atoms with Crippen molar-refractivity contribution >= 4 is 17.7 Å². The maximum Gasteiger partial charge on any atom is 0.270 e. The summed E-state index contributed by atoms with van der Waals surface area (Å²) in [6.07, 6.45) is 6.47. The van der Waals surface area contributed by atoms with E-state index in [9.17, 15) is 9.59 Å². The molecule has 0 atom stereocenters. The van der Waals surface area contributed by atoms with E-state index < -0.39 is 0 Å². The van der Waals surface area contributed by atoms with Crippen molar-refractivity contribution in [1.29, 1.82) is 0 Å². The van der Waals surface area contributed by atoms with Gasteiger partial charge in [0.1, 0.15) is 5.70 Å². The molecule has 1 saturated heterocycles. The molecule has 3 aromatic rings. The van der Waals surface area contributed by atoms with Crippen molar-refractivity contribution in [2.45, 2.75) is 19.3 Å². The molecule has 2 aromatic carbocycles. The standard InChI is InChI=1S/C26H26N2O2/c29-25-13-7-8-16-28(25)24(20-22-11-5-2-6-12-22)26(30)27-17-14-23(15-18-27)19-21-9-3-1-4-10-21/h1-13,16,20,23H,14-15,17-19H2/b24-20+. The van der Waals surface area contributed by atoms with Gasteiger partial charge in [0.25, 0.3) is 11.5 Å². The molecule has 1 aliphatic heterocycles. The molecule has 4 heteroatoms. The average molecular weight is 399 g/mol. The molecule has 0 N–H and O–H groups in total. The van der Waals surface area contributed by atoms with Gasteiger partial charge >= 0.3 is 0 Å². The zero-order valence-corrected chi connectivity index (χ0v) is 17.0. The lowest BCUT2D eigenvalue weighted by atomic mass is 9.90. The van der Waals surface area contributed by atoms with E-state index in [0.29, 0.717) is 24.7 Å². The van der Waals surface area contributed by atoms with Gasteiger partial charge in [-0.2, -0.15) is 0 Å². The molecule has 2 heterocycles. The number of amides is 1. The third kappa shape index (κ3) is 4.77. The van der Waals surface area contributed by atoms with E-state index in [1.807, 2.05) is 41.3 Å². The van der Waals surface area contributed by atoms with Gasteiger partial charge in [0.05, 0.1) is 0 Å². The Labute approximate surface area is 177 Å². The molecule has 1 aromatic heterocycles. The van der Waals surface area contributed by atoms with Crippen LogP contribution >= 0.6 is 0 Å². The Morgan fingerprint density at radius 3 is 2.17 bits per heavy atom. The molecule has 0 radical (unpaired) electrons. The largest absolute Gasteiger partial charge is 0.337 e. The monoisotopic (exact) mass is 398 g/mol. The van der Waals surface area contributed by atoms with Gasteiger partial charge in [-0.25, -0.2) is 0 Å². The maximum absolute atomic E-state index is 13.4.